The van der Waals surface area contributed by atoms with Crippen molar-refractivity contribution in [3.8, 4) is 17.6 Å². The number of aromatic nitrogens is 3. The molecule has 216 valence electrons. The molecular formula is C31H37N5O5. The molecule has 10 nitrogen and oxygen atoms in total. The Labute approximate surface area is 240 Å². The Kier molecular flexibility index (Phi) is 10.1. The maximum Gasteiger partial charge on any atom is 0.308 e. The number of nitrogens with zero attached hydrogens (tertiary/aromatic N) is 3. The van der Waals surface area contributed by atoms with E-state index in [0.717, 1.165) is 36.5 Å². The van der Waals surface area contributed by atoms with Crippen LogP contribution in [0.1, 0.15) is 64.1 Å². The third kappa shape index (κ3) is 9.43. The van der Waals surface area contributed by atoms with Gasteiger partial charge in [-0.05, 0) is 64.5 Å². The lowest BCUT2D eigenvalue weighted by atomic mass is 10.1. The molecule has 0 aliphatic heterocycles. The van der Waals surface area contributed by atoms with Crippen molar-refractivity contribution in [1.29, 1.82) is 0 Å². The first-order valence-corrected chi connectivity index (χ1v) is 13.9. The summed E-state index contributed by atoms with van der Waals surface area (Å²) in [4.78, 5) is 37.1. The summed E-state index contributed by atoms with van der Waals surface area (Å²) in [5.74, 6) is 7.95. The largest absolute Gasteiger partial charge is 0.493 e. The van der Waals surface area contributed by atoms with Crippen molar-refractivity contribution >= 4 is 34.3 Å². The summed E-state index contributed by atoms with van der Waals surface area (Å²) < 4.78 is 16.7. The lowest BCUT2D eigenvalue weighted by Crippen LogP contribution is -2.24. The van der Waals surface area contributed by atoms with Crippen LogP contribution < -0.4 is 15.4 Å². The second kappa shape index (κ2) is 13.9. The van der Waals surface area contributed by atoms with Crippen molar-refractivity contribution in [2.45, 2.75) is 58.5 Å². The smallest absolute Gasteiger partial charge is 0.308 e. The fraction of sp³-hybridized carbons (Fsp3) is 0.452. The van der Waals surface area contributed by atoms with E-state index in [1.165, 1.54) is 0 Å². The molecule has 1 saturated carbocycles. The standard InChI is InChI=1S/C31H37N5O5/c1-31(2,3)41-28(37)12-16-39-14-5-6-15-40-24-11-13-33-23(17-24)10-9-22-19-35-29(32-4)26-20-34-27(18-25(22)26)36-30(38)21-7-8-21/h11,13,17-21H,5-8,12,14-16H2,1-4H3,(H,32,35)(H,34,36,38). The first kappa shape index (κ1) is 29.7. The average Bonchev–Trinajstić information content (AvgIpc) is 3.78. The number of esters is 1. The van der Waals surface area contributed by atoms with E-state index in [9.17, 15) is 9.59 Å². The van der Waals surface area contributed by atoms with Gasteiger partial charge in [0.2, 0.25) is 5.91 Å². The fourth-order valence-corrected chi connectivity index (χ4v) is 3.92. The van der Waals surface area contributed by atoms with E-state index in [2.05, 4.69) is 37.4 Å². The van der Waals surface area contributed by atoms with Crippen molar-refractivity contribution < 1.29 is 23.8 Å². The van der Waals surface area contributed by atoms with E-state index < -0.39 is 5.60 Å². The molecule has 0 atom stereocenters. The van der Waals surface area contributed by atoms with E-state index in [4.69, 9.17) is 14.2 Å². The van der Waals surface area contributed by atoms with Gasteiger partial charge in [0.1, 0.15) is 28.7 Å². The van der Waals surface area contributed by atoms with E-state index in [0.29, 0.717) is 48.5 Å². The Bertz CT molecular complexity index is 1440. The van der Waals surface area contributed by atoms with Crippen molar-refractivity contribution in [3.63, 3.8) is 0 Å². The van der Waals surface area contributed by atoms with Gasteiger partial charge in [-0.25, -0.2) is 15.0 Å². The molecule has 1 amide bonds. The third-order valence-electron chi connectivity index (χ3n) is 6.09. The second-order valence-corrected chi connectivity index (χ2v) is 10.8. The van der Waals surface area contributed by atoms with Gasteiger partial charge in [0, 0.05) is 55.0 Å². The highest BCUT2D eigenvalue weighted by Gasteiger charge is 2.29. The van der Waals surface area contributed by atoms with E-state index >= 15 is 0 Å². The van der Waals surface area contributed by atoms with E-state index in [-0.39, 0.29) is 24.2 Å². The third-order valence-corrected chi connectivity index (χ3v) is 6.09. The van der Waals surface area contributed by atoms with Crippen molar-refractivity contribution in [2.75, 3.05) is 37.5 Å². The quantitative estimate of drug-likeness (QED) is 0.184. The fourth-order valence-electron chi connectivity index (χ4n) is 3.92. The molecule has 4 rings (SSSR count). The molecule has 1 fully saturated rings. The van der Waals surface area contributed by atoms with Crippen molar-refractivity contribution in [2.24, 2.45) is 5.92 Å². The number of hydrogen-bond acceptors (Lipinski definition) is 9. The Morgan fingerprint density at radius 2 is 1.80 bits per heavy atom. The summed E-state index contributed by atoms with van der Waals surface area (Å²) in [6, 6.07) is 5.42. The number of nitrogens with one attached hydrogen (secondary N) is 2. The monoisotopic (exact) mass is 559 g/mol. The summed E-state index contributed by atoms with van der Waals surface area (Å²) in [6.45, 7) is 6.96. The summed E-state index contributed by atoms with van der Waals surface area (Å²) >= 11 is 0. The number of pyridine rings is 3. The number of unbranched alkanes of at least 4 members (excludes halogenated alkanes) is 1. The van der Waals surface area contributed by atoms with Crippen LogP contribution in [0.5, 0.6) is 5.75 Å². The number of amides is 1. The van der Waals surface area contributed by atoms with Gasteiger partial charge < -0.3 is 24.8 Å². The number of hydrogen-bond donors (Lipinski definition) is 2. The van der Waals surface area contributed by atoms with Gasteiger partial charge in [-0.2, -0.15) is 0 Å². The van der Waals surface area contributed by atoms with Crippen LogP contribution in [0.4, 0.5) is 11.6 Å². The molecule has 0 aromatic carbocycles. The molecule has 41 heavy (non-hydrogen) atoms. The molecule has 0 unspecified atom stereocenters. The van der Waals surface area contributed by atoms with Gasteiger partial charge in [0.05, 0.1) is 25.2 Å². The van der Waals surface area contributed by atoms with Gasteiger partial charge in [-0.15, -0.1) is 0 Å². The van der Waals surface area contributed by atoms with E-state index in [1.54, 1.807) is 37.8 Å². The van der Waals surface area contributed by atoms with Crippen LogP contribution >= 0.6 is 0 Å². The minimum atomic E-state index is -0.479. The van der Waals surface area contributed by atoms with Crippen LogP contribution in [0, 0.1) is 17.8 Å². The Balaban J connectivity index is 1.30. The minimum Gasteiger partial charge on any atom is -0.493 e. The number of fused-ring (bicyclic) bond motifs is 1. The molecule has 0 bridgehead atoms. The molecule has 1 aliphatic carbocycles. The molecule has 0 radical (unpaired) electrons. The second-order valence-electron chi connectivity index (χ2n) is 10.8. The van der Waals surface area contributed by atoms with Crippen LogP contribution in [-0.2, 0) is 19.1 Å². The number of carbonyl (C=O) groups excluding carboxylic acids is 2. The van der Waals surface area contributed by atoms with Crippen molar-refractivity contribution in [1.82, 2.24) is 15.0 Å². The van der Waals surface area contributed by atoms with Crippen LogP contribution in [-0.4, -0.2) is 59.3 Å². The normalized spacial score (nSPS) is 12.8. The summed E-state index contributed by atoms with van der Waals surface area (Å²) in [5.41, 5.74) is 0.783. The van der Waals surface area contributed by atoms with Crippen LogP contribution in [0.2, 0.25) is 0 Å². The Morgan fingerprint density at radius 3 is 2.56 bits per heavy atom. The molecule has 1 aliphatic rings. The zero-order chi connectivity index (χ0) is 29.2. The zero-order valence-corrected chi connectivity index (χ0v) is 24.1. The molecule has 10 heteroatoms. The van der Waals surface area contributed by atoms with E-state index in [1.807, 2.05) is 26.8 Å². The summed E-state index contributed by atoms with van der Waals surface area (Å²) in [5, 5.41) is 7.61. The van der Waals surface area contributed by atoms with Gasteiger partial charge >= 0.3 is 5.97 Å². The number of ether oxygens (including phenoxy) is 3. The Morgan fingerprint density at radius 1 is 1.00 bits per heavy atom. The number of rotatable bonds is 12. The Hall–Kier alpha value is -4.23. The summed E-state index contributed by atoms with van der Waals surface area (Å²) in [7, 11) is 1.80. The topological polar surface area (TPSA) is 125 Å². The number of anilines is 2. The van der Waals surface area contributed by atoms with Gasteiger partial charge in [0.25, 0.3) is 0 Å². The van der Waals surface area contributed by atoms with Crippen LogP contribution in [0.25, 0.3) is 10.8 Å². The summed E-state index contributed by atoms with van der Waals surface area (Å²) in [6.07, 6.45) is 8.76. The van der Waals surface area contributed by atoms with Crippen molar-refractivity contribution in [3.05, 3.63) is 48.0 Å². The molecule has 2 N–H and O–H groups in total. The van der Waals surface area contributed by atoms with Gasteiger partial charge in [-0.1, -0.05) is 5.92 Å². The van der Waals surface area contributed by atoms with Gasteiger partial charge in [0.15, 0.2) is 0 Å². The molecule has 3 aromatic rings. The predicted molar refractivity (Wildman–Crippen MR) is 157 cm³/mol. The zero-order valence-electron chi connectivity index (χ0n) is 24.1. The van der Waals surface area contributed by atoms with Crippen LogP contribution in [0.3, 0.4) is 0 Å². The lowest BCUT2D eigenvalue weighted by molar-refractivity contribution is -0.156. The number of carbonyl (C=O) groups is 2. The maximum absolute atomic E-state index is 12.2. The molecule has 3 heterocycles. The molecule has 0 saturated heterocycles. The SMILES string of the molecule is CNc1ncc(C#Cc2cc(OCCCCOCCC(=O)OC(C)(C)C)ccn2)c2cc(NC(=O)C3CC3)ncc12. The highest BCUT2D eigenvalue weighted by molar-refractivity contribution is 5.99. The predicted octanol–water partition coefficient (Wildman–Crippen LogP) is 4.72. The van der Waals surface area contributed by atoms with Gasteiger partial charge in [-0.3, -0.25) is 9.59 Å². The molecular weight excluding hydrogens is 522 g/mol. The maximum atomic E-state index is 12.2. The minimum absolute atomic E-state index is 0.000817. The first-order valence-electron chi connectivity index (χ1n) is 13.9. The first-order chi connectivity index (χ1) is 19.7. The highest BCUT2D eigenvalue weighted by atomic mass is 16.6. The lowest BCUT2D eigenvalue weighted by Gasteiger charge is -2.19. The highest BCUT2D eigenvalue weighted by Crippen LogP contribution is 2.31. The van der Waals surface area contributed by atoms with Crippen LogP contribution in [0.15, 0.2) is 36.8 Å². The molecule has 0 spiro atoms. The average molecular weight is 560 g/mol. The molecule has 3 aromatic heterocycles.